The molecule has 0 aliphatic carbocycles. The quantitative estimate of drug-likeness (QED) is 0.527. The van der Waals surface area contributed by atoms with Crippen LogP contribution in [-0.2, 0) is 6.54 Å². The van der Waals surface area contributed by atoms with Crippen LogP contribution in [0.2, 0.25) is 0 Å². The Morgan fingerprint density at radius 1 is 1.10 bits per heavy atom. The molecule has 0 aliphatic heterocycles. The molecule has 0 atom stereocenters. The topological polar surface area (TPSA) is 78.0 Å². The molecule has 0 radical (unpaired) electrons. The van der Waals surface area contributed by atoms with Crippen LogP contribution in [0.15, 0.2) is 53.3 Å². The Labute approximate surface area is 165 Å². The average Bonchev–Trinajstić information content (AvgIpc) is 3.37. The molecule has 0 saturated carbocycles. The van der Waals surface area contributed by atoms with Gasteiger partial charge >= 0.3 is 6.01 Å². The maximum Gasteiger partial charge on any atom is 0.316 e. The second-order valence-electron chi connectivity index (χ2n) is 6.32. The smallest absolute Gasteiger partial charge is 0.316 e. The highest BCUT2D eigenvalue weighted by Crippen LogP contribution is 2.30. The fourth-order valence-corrected chi connectivity index (χ4v) is 2.82. The summed E-state index contributed by atoms with van der Waals surface area (Å²) in [6, 6.07) is 9.31. The first-order chi connectivity index (χ1) is 14.0. The fraction of sp³-hybridized carbons (Fsp3) is 0.150. The summed E-state index contributed by atoms with van der Waals surface area (Å²) < 4.78 is 39.3. The molecule has 0 bridgehead atoms. The maximum absolute atomic E-state index is 13.3. The molecule has 0 fully saturated rings. The van der Waals surface area contributed by atoms with Crippen molar-refractivity contribution in [2.45, 2.75) is 13.5 Å². The summed E-state index contributed by atoms with van der Waals surface area (Å²) in [7, 11) is 1.58. The number of nitrogens with one attached hydrogen (secondary N) is 1. The molecule has 4 aromatic rings. The number of anilines is 1. The lowest BCUT2D eigenvalue weighted by molar-refractivity contribution is 0.413. The van der Waals surface area contributed by atoms with Gasteiger partial charge in [-0.2, -0.15) is 0 Å². The molecule has 148 valence electrons. The van der Waals surface area contributed by atoms with Gasteiger partial charge in [0.1, 0.15) is 5.75 Å². The first-order valence-corrected chi connectivity index (χ1v) is 8.74. The summed E-state index contributed by atoms with van der Waals surface area (Å²) in [6.07, 6.45) is 3.60. The van der Waals surface area contributed by atoms with Gasteiger partial charge in [-0.25, -0.2) is 13.8 Å². The van der Waals surface area contributed by atoms with E-state index in [0.717, 1.165) is 23.5 Å². The molecule has 0 aliphatic rings. The van der Waals surface area contributed by atoms with E-state index in [9.17, 15) is 8.78 Å². The molecule has 0 spiro atoms. The summed E-state index contributed by atoms with van der Waals surface area (Å²) in [4.78, 5) is 4.22. The van der Waals surface area contributed by atoms with Crippen LogP contribution >= 0.6 is 0 Å². The highest BCUT2D eigenvalue weighted by Gasteiger charge is 2.13. The summed E-state index contributed by atoms with van der Waals surface area (Å²) in [5.74, 6) is -0.883. The van der Waals surface area contributed by atoms with Gasteiger partial charge in [0.15, 0.2) is 11.6 Å². The number of halogens is 2. The molecule has 0 amide bonds. The third kappa shape index (κ3) is 3.93. The number of hydrogen-bond acceptors (Lipinski definition) is 6. The van der Waals surface area contributed by atoms with Crippen molar-refractivity contribution in [3.63, 3.8) is 0 Å². The molecule has 7 nitrogen and oxygen atoms in total. The van der Waals surface area contributed by atoms with Crippen molar-refractivity contribution in [1.29, 1.82) is 0 Å². The lowest BCUT2D eigenvalue weighted by Crippen LogP contribution is -2.00. The Morgan fingerprint density at radius 2 is 1.97 bits per heavy atom. The van der Waals surface area contributed by atoms with Crippen LogP contribution in [0.3, 0.4) is 0 Å². The summed E-state index contributed by atoms with van der Waals surface area (Å²) in [5, 5.41) is 10.9. The van der Waals surface area contributed by atoms with E-state index in [1.165, 1.54) is 6.07 Å². The predicted octanol–water partition coefficient (Wildman–Crippen LogP) is 4.13. The number of hydrogen-bond donors (Lipinski definition) is 1. The van der Waals surface area contributed by atoms with Gasteiger partial charge in [-0.05, 0) is 42.8 Å². The van der Waals surface area contributed by atoms with Crippen LogP contribution in [0, 0.1) is 18.6 Å². The van der Waals surface area contributed by atoms with Crippen LogP contribution < -0.4 is 10.1 Å². The molecule has 1 N–H and O–H groups in total. The van der Waals surface area contributed by atoms with Gasteiger partial charge in [0, 0.05) is 18.3 Å². The number of methoxy groups -OCH3 is 1. The molecule has 29 heavy (non-hydrogen) atoms. The molecular weight excluding hydrogens is 380 g/mol. The van der Waals surface area contributed by atoms with E-state index < -0.39 is 11.6 Å². The molecule has 0 saturated heterocycles. The second-order valence-corrected chi connectivity index (χ2v) is 6.32. The zero-order valence-corrected chi connectivity index (χ0v) is 15.7. The van der Waals surface area contributed by atoms with Crippen molar-refractivity contribution in [2.75, 3.05) is 12.4 Å². The van der Waals surface area contributed by atoms with Crippen molar-refractivity contribution < 1.29 is 17.9 Å². The van der Waals surface area contributed by atoms with Gasteiger partial charge in [0.05, 0.1) is 24.8 Å². The predicted molar refractivity (Wildman–Crippen MR) is 102 cm³/mol. The van der Waals surface area contributed by atoms with Gasteiger partial charge < -0.3 is 19.0 Å². The first kappa shape index (κ1) is 18.6. The third-order valence-corrected chi connectivity index (χ3v) is 4.27. The van der Waals surface area contributed by atoms with Crippen LogP contribution in [0.4, 0.5) is 14.8 Å². The van der Waals surface area contributed by atoms with Crippen molar-refractivity contribution >= 4 is 6.01 Å². The van der Waals surface area contributed by atoms with E-state index in [4.69, 9.17) is 9.15 Å². The average molecular weight is 397 g/mol. The zero-order chi connectivity index (χ0) is 20.4. The van der Waals surface area contributed by atoms with E-state index in [1.807, 2.05) is 29.8 Å². The highest BCUT2D eigenvalue weighted by molar-refractivity contribution is 5.62. The standard InChI is InChI=1S/C20H17F2N5O2/c1-12-10-27(11-24-12)17-6-4-14(8-18(17)28-2)19-25-26-20(29-19)23-9-13-3-5-15(21)16(22)7-13/h3-8,10-11H,9H2,1-2H3,(H,23,26). The molecule has 9 heteroatoms. The number of nitrogens with zero attached hydrogens (tertiary/aromatic N) is 4. The molecule has 2 aromatic heterocycles. The Balaban J connectivity index is 1.52. The number of ether oxygens (including phenoxy) is 1. The van der Waals surface area contributed by atoms with Gasteiger partial charge in [-0.15, -0.1) is 5.10 Å². The monoisotopic (exact) mass is 397 g/mol. The Kier molecular flexibility index (Phi) is 4.94. The van der Waals surface area contributed by atoms with E-state index in [-0.39, 0.29) is 12.6 Å². The lowest BCUT2D eigenvalue weighted by Gasteiger charge is -2.10. The van der Waals surface area contributed by atoms with Crippen molar-refractivity contribution in [3.8, 4) is 22.9 Å². The number of rotatable bonds is 6. The molecule has 4 rings (SSSR count). The minimum atomic E-state index is -0.907. The Hall–Kier alpha value is -3.75. The van der Waals surface area contributed by atoms with Gasteiger partial charge in [0.25, 0.3) is 0 Å². The number of aromatic nitrogens is 4. The van der Waals surface area contributed by atoms with Crippen molar-refractivity contribution in [3.05, 3.63) is 71.8 Å². The van der Waals surface area contributed by atoms with Crippen molar-refractivity contribution in [1.82, 2.24) is 19.7 Å². The normalized spacial score (nSPS) is 10.9. The van der Waals surface area contributed by atoms with E-state index in [1.54, 1.807) is 19.5 Å². The van der Waals surface area contributed by atoms with Gasteiger partial charge in [-0.3, -0.25) is 0 Å². The minimum Gasteiger partial charge on any atom is -0.495 e. The van der Waals surface area contributed by atoms with Crippen LogP contribution in [0.25, 0.3) is 17.1 Å². The third-order valence-electron chi connectivity index (χ3n) is 4.27. The Morgan fingerprint density at radius 3 is 2.69 bits per heavy atom. The summed E-state index contributed by atoms with van der Waals surface area (Å²) >= 11 is 0. The lowest BCUT2D eigenvalue weighted by atomic mass is 10.2. The van der Waals surface area contributed by atoms with Crippen molar-refractivity contribution in [2.24, 2.45) is 0 Å². The van der Waals surface area contributed by atoms with E-state index in [0.29, 0.717) is 22.8 Å². The Bertz CT molecular complexity index is 1160. The zero-order valence-electron chi connectivity index (χ0n) is 15.7. The van der Waals surface area contributed by atoms with Crippen LogP contribution in [0.5, 0.6) is 5.75 Å². The van der Waals surface area contributed by atoms with Gasteiger partial charge in [0.2, 0.25) is 5.89 Å². The maximum atomic E-state index is 13.3. The number of benzene rings is 2. The van der Waals surface area contributed by atoms with Crippen LogP contribution in [-0.4, -0.2) is 26.9 Å². The number of aryl methyl sites for hydroxylation is 1. The summed E-state index contributed by atoms with van der Waals surface area (Å²) in [5.41, 5.74) is 2.94. The molecular formula is C20H17F2N5O2. The SMILES string of the molecule is COc1cc(-c2nnc(NCc3ccc(F)c(F)c3)o2)ccc1-n1cnc(C)c1. The highest BCUT2D eigenvalue weighted by atomic mass is 19.2. The molecule has 2 aromatic carbocycles. The second kappa shape index (κ2) is 7.70. The molecule has 0 unspecified atom stereocenters. The van der Waals surface area contributed by atoms with E-state index >= 15 is 0 Å². The fourth-order valence-electron chi connectivity index (χ4n) is 2.82. The number of imidazole rings is 1. The summed E-state index contributed by atoms with van der Waals surface area (Å²) in [6.45, 7) is 2.12. The largest absolute Gasteiger partial charge is 0.495 e. The minimum absolute atomic E-state index is 0.165. The molecule has 2 heterocycles. The van der Waals surface area contributed by atoms with E-state index in [2.05, 4.69) is 20.5 Å². The van der Waals surface area contributed by atoms with Crippen LogP contribution in [0.1, 0.15) is 11.3 Å². The van der Waals surface area contributed by atoms with Gasteiger partial charge in [-0.1, -0.05) is 11.2 Å². The first-order valence-electron chi connectivity index (χ1n) is 8.74.